The van der Waals surface area contributed by atoms with Crippen molar-refractivity contribution in [3.8, 4) is 5.75 Å². The second-order valence-corrected chi connectivity index (χ2v) is 4.21. The van der Waals surface area contributed by atoms with E-state index in [1.807, 2.05) is 24.3 Å². The zero-order valence-electron chi connectivity index (χ0n) is 9.81. The van der Waals surface area contributed by atoms with Crippen LogP contribution in [0, 0.1) is 0 Å². The van der Waals surface area contributed by atoms with Gasteiger partial charge < -0.3 is 14.6 Å². The smallest absolute Gasteiger partial charge is 0.303 e. The molecule has 1 aliphatic rings. The molecule has 1 saturated heterocycles. The molecule has 0 amide bonds. The Bertz CT molecular complexity index is 392. The monoisotopic (exact) mass is 236 g/mol. The second-order valence-electron chi connectivity index (χ2n) is 4.21. The van der Waals surface area contributed by atoms with Gasteiger partial charge in [-0.2, -0.15) is 0 Å². The van der Waals surface area contributed by atoms with Crippen molar-refractivity contribution < 1.29 is 19.4 Å². The van der Waals surface area contributed by atoms with E-state index in [1.54, 1.807) is 7.11 Å². The average molecular weight is 236 g/mol. The van der Waals surface area contributed by atoms with Gasteiger partial charge in [-0.1, -0.05) is 12.1 Å². The topological polar surface area (TPSA) is 55.8 Å². The molecule has 4 nitrogen and oxygen atoms in total. The van der Waals surface area contributed by atoms with Crippen molar-refractivity contribution in [3.63, 3.8) is 0 Å². The summed E-state index contributed by atoms with van der Waals surface area (Å²) in [7, 11) is 1.62. The highest BCUT2D eigenvalue weighted by Crippen LogP contribution is 2.41. The lowest BCUT2D eigenvalue weighted by Gasteiger charge is -2.42. The van der Waals surface area contributed by atoms with Crippen LogP contribution in [0.1, 0.15) is 24.8 Å². The number of rotatable bonds is 5. The van der Waals surface area contributed by atoms with Gasteiger partial charge in [-0.25, -0.2) is 0 Å². The third-order valence-corrected chi connectivity index (χ3v) is 3.24. The van der Waals surface area contributed by atoms with Gasteiger partial charge in [0, 0.05) is 12.8 Å². The van der Waals surface area contributed by atoms with Gasteiger partial charge in [0.15, 0.2) is 0 Å². The fraction of sp³-hybridized carbons (Fsp3) is 0.462. The summed E-state index contributed by atoms with van der Waals surface area (Å²) in [5.41, 5.74) is 0.635. The van der Waals surface area contributed by atoms with Crippen molar-refractivity contribution in [1.29, 1.82) is 0 Å². The molecule has 0 bridgehead atoms. The van der Waals surface area contributed by atoms with E-state index in [4.69, 9.17) is 14.6 Å². The predicted molar refractivity (Wildman–Crippen MR) is 62.1 cm³/mol. The summed E-state index contributed by atoms with van der Waals surface area (Å²) in [6, 6.07) is 7.64. The Morgan fingerprint density at radius 1 is 1.47 bits per heavy atom. The lowest BCUT2D eigenvalue weighted by molar-refractivity contribution is -0.165. The zero-order valence-corrected chi connectivity index (χ0v) is 9.81. The number of aliphatic carboxylic acids is 1. The lowest BCUT2D eigenvalue weighted by Crippen LogP contribution is -2.41. The molecule has 92 valence electrons. The molecule has 1 heterocycles. The molecule has 1 atom stereocenters. The largest absolute Gasteiger partial charge is 0.497 e. The molecule has 1 unspecified atom stereocenters. The van der Waals surface area contributed by atoms with Crippen molar-refractivity contribution in [2.75, 3.05) is 13.7 Å². The van der Waals surface area contributed by atoms with Crippen LogP contribution in [-0.2, 0) is 15.1 Å². The van der Waals surface area contributed by atoms with Crippen LogP contribution >= 0.6 is 0 Å². The van der Waals surface area contributed by atoms with E-state index < -0.39 is 11.6 Å². The second kappa shape index (κ2) is 4.75. The molecule has 0 spiro atoms. The molecule has 1 N–H and O–H groups in total. The summed E-state index contributed by atoms with van der Waals surface area (Å²) in [5, 5.41) is 8.75. The molecular weight excluding hydrogens is 220 g/mol. The van der Waals surface area contributed by atoms with Crippen LogP contribution in [0.5, 0.6) is 5.75 Å². The highest BCUT2D eigenvalue weighted by atomic mass is 16.5. The van der Waals surface area contributed by atoms with Crippen molar-refractivity contribution in [2.24, 2.45) is 0 Å². The number of ether oxygens (including phenoxy) is 2. The van der Waals surface area contributed by atoms with Gasteiger partial charge in [0.25, 0.3) is 0 Å². The molecule has 0 radical (unpaired) electrons. The highest BCUT2D eigenvalue weighted by Gasteiger charge is 2.40. The molecule has 17 heavy (non-hydrogen) atoms. The van der Waals surface area contributed by atoms with E-state index in [1.165, 1.54) is 0 Å². The van der Waals surface area contributed by atoms with Crippen LogP contribution in [0.25, 0.3) is 0 Å². The van der Waals surface area contributed by atoms with Crippen molar-refractivity contribution in [2.45, 2.75) is 24.9 Å². The quantitative estimate of drug-likeness (QED) is 0.851. The first kappa shape index (κ1) is 11.9. The molecule has 0 aliphatic carbocycles. The molecule has 4 heteroatoms. The van der Waals surface area contributed by atoms with E-state index >= 15 is 0 Å². The maximum Gasteiger partial charge on any atom is 0.303 e. The van der Waals surface area contributed by atoms with Crippen LogP contribution in [0.4, 0.5) is 0 Å². The first-order valence-corrected chi connectivity index (χ1v) is 5.66. The van der Waals surface area contributed by atoms with Gasteiger partial charge in [-0.15, -0.1) is 0 Å². The summed E-state index contributed by atoms with van der Waals surface area (Å²) in [4.78, 5) is 10.6. The van der Waals surface area contributed by atoms with Gasteiger partial charge in [0.2, 0.25) is 0 Å². The van der Waals surface area contributed by atoms with Crippen molar-refractivity contribution in [3.05, 3.63) is 29.8 Å². The van der Waals surface area contributed by atoms with E-state index in [2.05, 4.69) is 0 Å². The number of methoxy groups -OCH3 is 1. The van der Waals surface area contributed by atoms with Gasteiger partial charge in [-0.05, 0) is 24.1 Å². The summed E-state index contributed by atoms with van der Waals surface area (Å²) in [6.45, 7) is 0.700. The van der Waals surface area contributed by atoms with Crippen LogP contribution in [-0.4, -0.2) is 24.8 Å². The number of carboxylic acids is 1. The van der Waals surface area contributed by atoms with Crippen LogP contribution in [0.3, 0.4) is 0 Å². The first-order valence-electron chi connectivity index (χ1n) is 5.66. The molecule has 0 aromatic heterocycles. The number of hydrogen-bond acceptors (Lipinski definition) is 3. The predicted octanol–water partition coefficient (Wildman–Crippen LogP) is 2.18. The Morgan fingerprint density at radius 3 is 2.53 bits per heavy atom. The summed E-state index contributed by atoms with van der Waals surface area (Å²) in [5.74, 6) is 0.00912. The molecule has 1 aromatic rings. The SMILES string of the molecule is COc1ccc(C2(CCC(=O)O)CCO2)cc1. The van der Waals surface area contributed by atoms with Crippen LogP contribution in [0.2, 0.25) is 0 Å². The molecule has 1 aliphatic heterocycles. The Balaban J connectivity index is 2.13. The minimum Gasteiger partial charge on any atom is -0.497 e. The number of carboxylic acid groups (broad SMARTS) is 1. The lowest BCUT2D eigenvalue weighted by atomic mass is 9.82. The standard InChI is InChI=1S/C13H16O4/c1-16-11-4-2-10(3-5-11)13(8-9-17-13)7-6-12(14)15/h2-5H,6-9H2,1H3,(H,14,15). The summed E-state index contributed by atoms with van der Waals surface area (Å²) >= 11 is 0. The van der Waals surface area contributed by atoms with Crippen LogP contribution in [0.15, 0.2) is 24.3 Å². The Kier molecular flexibility index (Phi) is 3.33. The molecular formula is C13H16O4. The number of carbonyl (C=O) groups is 1. The van der Waals surface area contributed by atoms with Crippen LogP contribution < -0.4 is 4.74 Å². The van der Waals surface area contributed by atoms with Gasteiger partial charge >= 0.3 is 5.97 Å². The van der Waals surface area contributed by atoms with E-state index in [-0.39, 0.29) is 6.42 Å². The fourth-order valence-electron chi connectivity index (χ4n) is 2.12. The van der Waals surface area contributed by atoms with E-state index in [0.717, 1.165) is 17.7 Å². The Labute approximate surface area is 100 Å². The summed E-state index contributed by atoms with van der Waals surface area (Å²) in [6.07, 6.45) is 1.54. The molecule has 2 rings (SSSR count). The molecule has 0 saturated carbocycles. The van der Waals surface area contributed by atoms with Gasteiger partial charge in [-0.3, -0.25) is 4.79 Å². The highest BCUT2D eigenvalue weighted by molar-refractivity contribution is 5.66. The van der Waals surface area contributed by atoms with Crippen molar-refractivity contribution in [1.82, 2.24) is 0 Å². The minimum atomic E-state index is -0.784. The molecule has 1 fully saturated rings. The zero-order chi connectivity index (χ0) is 12.3. The Morgan fingerprint density at radius 2 is 2.12 bits per heavy atom. The molecule has 1 aromatic carbocycles. The number of hydrogen-bond donors (Lipinski definition) is 1. The Hall–Kier alpha value is -1.55. The third kappa shape index (κ3) is 2.42. The van der Waals surface area contributed by atoms with Gasteiger partial charge in [0.1, 0.15) is 5.75 Å². The average Bonchev–Trinajstić information content (AvgIpc) is 2.28. The third-order valence-electron chi connectivity index (χ3n) is 3.24. The normalized spacial score (nSPS) is 22.9. The van der Waals surface area contributed by atoms with Gasteiger partial charge in [0.05, 0.1) is 19.3 Å². The maximum absolute atomic E-state index is 10.6. The number of benzene rings is 1. The minimum absolute atomic E-state index is 0.131. The maximum atomic E-state index is 10.6. The fourth-order valence-corrected chi connectivity index (χ4v) is 2.12. The first-order chi connectivity index (χ1) is 8.16. The van der Waals surface area contributed by atoms with E-state index in [0.29, 0.717) is 13.0 Å². The van der Waals surface area contributed by atoms with Crippen molar-refractivity contribution >= 4 is 5.97 Å². The van der Waals surface area contributed by atoms with E-state index in [9.17, 15) is 4.79 Å². The summed E-state index contributed by atoms with van der Waals surface area (Å²) < 4.78 is 10.7.